The van der Waals surface area contributed by atoms with Gasteiger partial charge in [-0.15, -0.1) is 0 Å². The predicted octanol–water partition coefficient (Wildman–Crippen LogP) is 4.47. The second-order valence-corrected chi connectivity index (χ2v) is 12.6. The Morgan fingerprint density at radius 3 is 2.49 bits per heavy atom. The van der Waals surface area contributed by atoms with Crippen LogP contribution in [0.1, 0.15) is 57.6 Å². The van der Waals surface area contributed by atoms with E-state index in [1.807, 2.05) is 70.2 Å². The van der Waals surface area contributed by atoms with E-state index in [0.717, 1.165) is 11.1 Å². The van der Waals surface area contributed by atoms with Crippen molar-refractivity contribution in [1.82, 2.24) is 10.2 Å². The zero-order valence-electron chi connectivity index (χ0n) is 24.2. The molecule has 5 rings (SSSR count). The summed E-state index contributed by atoms with van der Waals surface area (Å²) in [5.74, 6) is -2.40. The van der Waals surface area contributed by atoms with Gasteiger partial charge in [0.1, 0.15) is 11.6 Å². The van der Waals surface area contributed by atoms with E-state index < -0.39 is 41.0 Å². The first-order chi connectivity index (χ1) is 19.6. The molecule has 0 aromatic heterocycles. The highest BCUT2D eigenvalue weighted by Crippen LogP contribution is 2.64. The number of rotatable bonds is 10. The van der Waals surface area contributed by atoms with Crippen LogP contribution in [-0.4, -0.2) is 57.6 Å². The Balaban J connectivity index is 1.54. The van der Waals surface area contributed by atoms with Gasteiger partial charge in [-0.25, -0.2) is 0 Å². The molecule has 2 unspecified atom stereocenters. The van der Waals surface area contributed by atoms with Gasteiger partial charge in [-0.3, -0.25) is 14.4 Å². The summed E-state index contributed by atoms with van der Waals surface area (Å²) in [6.45, 7) is 7.88. The van der Waals surface area contributed by atoms with Gasteiger partial charge in [0.15, 0.2) is 0 Å². The number of aliphatic hydroxyl groups is 1. The highest BCUT2D eigenvalue weighted by Gasteiger charge is 2.79. The molecular formula is C32H40ClN3O5. The molecule has 220 valence electrons. The summed E-state index contributed by atoms with van der Waals surface area (Å²) in [5.41, 5.74) is 0.181. The Hall–Kier alpha value is -2.94. The number of halogens is 1. The molecule has 2 bridgehead atoms. The normalized spacial score (nSPS) is 29.1. The molecule has 3 heterocycles. The second kappa shape index (κ2) is 11.4. The predicted molar refractivity (Wildman–Crippen MR) is 157 cm³/mol. The molecule has 41 heavy (non-hydrogen) atoms. The summed E-state index contributed by atoms with van der Waals surface area (Å²) >= 11 is 6.47. The number of para-hydroxylation sites is 1. The van der Waals surface area contributed by atoms with E-state index in [-0.39, 0.29) is 24.3 Å². The Morgan fingerprint density at radius 2 is 1.85 bits per heavy atom. The third-order valence-electron chi connectivity index (χ3n) is 9.28. The number of benzene rings is 2. The minimum atomic E-state index is -1.19. The van der Waals surface area contributed by atoms with Crippen molar-refractivity contribution in [2.45, 2.75) is 83.2 Å². The first-order valence-corrected chi connectivity index (χ1v) is 15.0. The summed E-state index contributed by atoms with van der Waals surface area (Å²) in [6, 6.07) is 13.4. The van der Waals surface area contributed by atoms with Crippen LogP contribution in [0.4, 0.5) is 5.69 Å². The van der Waals surface area contributed by atoms with Crippen molar-refractivity contribution in [3.63, 3.8) is 0 Å². The van der Waals surface area contributed by atoms with Crippen molar-refractivity contribution in [3.8, 4) is 0 Å². The van der Waals surface area contributed by atoms with Gasteiger partial charge in [-0.2, -0.15) is 0 Å². The summed E-state index contributed by atoms with van der Waals surface area (Å²) < 4.78 is 6.84. The molecule has 8 nitrogen and oxygen atoms in total. The van der Waals surface area contributed by atoms with Crippen LogP contribution >= 0.6 is 11.6 Å². The highest BCUT2D eigenvalue weighted by atomic mass is 35.5. The molecule has 0 radical (unpaired) electrons. The van der Waals surface area contributed by atoms with Gasteiger partial charge in [0, 0.05) is 6.54 Å². The van der Waals surface area contributed by atoms with E-state index in [1.165, 1.54) is 4.90 Å². The lowest BCUT2D eigenvalue weighted by atomic mass is 9.65. The number of hydrogen-bond donors (Lipinski definition) is 3. The number of anilines is 1. The number of carbonyl (C=O) groups is 3. The molecule has 3 aliphatic heterocycles. The third-order valence-corrected chi connectivity index (χ3v) is 9.59. The van der Waals surface area contributed by atoms with Crippen LogP contribution in [0, 0.1) is 24.7 Å². The van der Waals surface area contributed by atoms with Gasteiger partial charge < -0.3 is 25.4 Å². The van der Waals surface area contributed by atoms with E-state index in [2.05, 4.69) is 10.6 Å². The average Bonchev–Trinajstić information content (AvgIpc) is 3.56. The molecule has 6 atom stereocenters. The maximum Gasteiger partial charge on any atom is 0.250 e. The van der Waals surface area contributed by atoms with Crippen molar-refractivity contribution in [2.24, 2.45) is 17.8 Å². The Bertz CT molecular complexity index is 1300. The van der Waals surface area contributed by atoms with Crippen molar-refractivity contribution in [1.29, 1.82) is 0 Å². The van der Waals surface area contributed by atoms with Crippen molar-refractivity contribution >= 4 is 35.0 Å². The molecule has 2 aromatic rings. The molecule has 0 saturated carbocycles. The molecule has 9 heteroatoms. The number of hydrogen-bond acceptors (Lipinski definition) is 5. The first kappa shape index (κ1) is 29.5. The zero-order valence-corrected chi connectivity index (χ0v) is 24.9. The molecule has 3 aliphatic rings. The maximum atomic E-state index is 14.5. The van der Waals surface area contributed by atoms with Gasteiger partial charge >= 0.3 is 0 Å². The largest absolute Gasteiger partial charge is 0.394 e. The Kier molecular flexibility index (Phi) is 8.21. The summed E-state index contributed by atoms with van der Waals surface area (Å²) in [6.07, 6.45) is 2.07. The first-order valence-electron chi connectivity index (χ1n) is 14.6. The van der Waals surface area contributed by atoms with E-state index in [0.29, 0.717) is 42.9 Å². The van der Waals surface area contributed by atoms with Gasteiger partial charge in [-0.05, 0) is 55.7 Å². The van der Waals surface area contributed by atoms with Crippen molar-refractivity contribution < 1.29 is 24.2 Å². The standard InChI is InChI=1S/C32H40ClN3O5/c1-5-31-14-15-32(41-31)25(24(31)28(38)34-17-21-11-7-6-8-12-21)30(40)36(22(18-37)16-19(2)3)27(32)29(39)35-26-20(4)10-9-13-23(26)33/h6-13,19,22,24-25,27,37H,5,14-18H2,1-4H3,(H,34,38)(H,35,39)/t22-,24-,25+,27?,31+,32?/m1/s1. The quantitative estimate of drug-likeness (QED) is 0.384. The van der Waals surface area contributed by atoms with Gasteiger partial charge in [0.2, 0.25) is 17.7 Å². The smallest absolute Gasteiger partial charge is 0.250 e. The number of aryl methyl sites for hydroxylation is 1. The molecule has 3 fully saturated rings. The maximum absolute atomic E-state index is 14.5. The van der Waals surface area contributed by atoms with E-state index in [4.69, 9.17) is 16.3 Å². The molecular weight excluding hydrogens is 542 g/mol. The summed E-state index contributed by atoms with van der Waals surface area (Å²) in [5, 5.41) is 16.9. The molecule has 3 saturated heterocycles. The number of carbonyl (C=O) groups excluding carboxylic acids is 3. The van der Waals surface area contributed by atoms with Crippen LogP contribution in [0.15, 0.2) is 48.5 Å². The fourth-order valence-electron chi connectivity index (χ4n) is 7.44. The lowest BCUT2D eigenvalue weighted by Gasteiger charge is -2.38. The van der Waals surface area contributed by atoms with Crippen molar-refractivity contribution in [3.05, 3.63) is 64.7 Å². The zero-order chi connectivity index (χ0) is 29.5. The molecule has 3 amide bonds. The van der Waals surface area contributed by atoms with Gasteiger partial charge in [-0.1, -0.05) is 74.8 Å². The number of likely N-dealkylation sites (tertiary alicyclic amines) is 1. The minimum absolute atomic E-state index is 0.164. The van der Waals surface area contributed by atoms with E-state index in [1.54, 1.807) is 6.07 Å². The lowest BCUT2D eigenvalue weighted by molar-refractivity contribution is -0.149. The molecule has 3 N–H and O–H groups in total. The number of ether oxygens (including phenoxy) is 1. The number of amides is 3. The molecule has 1 spiro atoms. The van der Waals surface area contributed by atoms with Gasteiger partial charge in [0.05, 0.1) is 40.8 Å². The van der Waals surface area contributed by atoms with Crippen LogP contribution < -0.4 is 10.6 Å². The average molecular weight is 582 g/mol. The van der Waals surface area contributed by atoms with E-state index >= 15 is 0 Å². The summed E-state index contributed by atoms with van der Waals surface area (Å²) in [4.78, 5) is 44.1. The minimum Gasteiger partial charge on any atom is -0.394 e. The fraction of sp³-hybridized carbons (Fsp3) is 0.531. The number of fused-ring (bicyclic) bond motifs is 1. The van der Waals surface area contributed by atoms with Crippen LogP contribution in [0.5, 0.6) is 0 Å². The van der Waals surface area contributed by atoms with Crippen LogP contribution in [0.3, 0.4) is 0 Å². The SMILES string of the molecule is CC[C@@]12CCC3(O1)C(C(=O)Nc1c(C)cccc1Cl)N([C@@H](CO)CC(C)C)C(=O)[C@@H]3[C@@H]2C(=O)NCc1ccccc1. The van der Waals surface area contributed by atoms with E-state index in [9.17, 15) is 19.5 Å². The van der Waals surface area contributed by atoms with Crippen LogP contribution in [0.25, 0.3) is 0 Å². The topological polar surface area (TPSA) is 108 Å². The number of aliphatic hydroxyl groups excluding tert-OH is 1. The lowest BCUT2D eigenvalue weighted by Crippen LogP contribution is -2.56. The fourth-order valence-corrected chi connectivity index (χ4v) is 7.71. The van der Waals surface area contributed by atoms with Crippen LogP contribution in [0.2, 0.25) is 5.02 Å². The molecule has 0 aliphatic carbocycles. The second-order valence-electron chi connectivity index (χ2n) is 12.2. The number of nitrogens with one attached hydrogen (secondary N) is 2. The number of nitrogens with zero attached hydrogens (tertiary/aromatic N) is 1. The van der Waals surface area contributed by atoms with Crippen LogP contribution in [-0.2, 0) is 25.7 Å². The Morgan fingerprint density at radius 1 is 1.12 bits per heavy atom. The van der Waals surface area contributed by atoms with Crippen molar-refractivity contribution in [2.75, 3.05) is 11.9 Å². The molecule has 2 aromatic carbocycles. The van der Waals surface area contributed by atoms with Gasteiger partial charge in [0.25, 0.3) is 0 Å². The third kappa shape index (κ3) is 4.94. The Labute approximate surface area is 246 Å². The summed E-state index contributed by atoms with van der Waals surface area (Å²) in [7, 11) is 0. The highest BCUT2D eigenvalue weighted by molar-refractivity contribution is 6.34. The monoisotopic (exact) mass is 581 g/mol.